The Hall–Kier alpha value is -3.61. The van der Waals surface area contributed by atoms with Gasteiger partial charge in [0.2, 0.25) is 0 Å². The molecule has 1 aliphatic rings. The molecular weight excluding hydrogens is 380 g/mol. The number of fused-ring (bicyclic) bond motifs is 3. The SMILES string of the molecule is COC(=O)c1ccc2nc(NCc3ccc(OC)cc3)c3cnc(C4CC4)n3c2c1. The third-order valence-electron chi connectivity index (χ3n) is 5.46. The molecule has 0 radical (unpaired) electrons. The van der Waals surface area contributed by atoms with Gasteiger partial charge in [0.1, 0.15) is 17.1 Å². The number of anilines is 1. The van der Waals surface area contributed by atoms with Gasteiger partial charge in [-0.25, -0.2) is 14.8 Å². The van der Waals surface area contributed by atoms with Crippen molar-refractivity contribution >= 4 is 28.3 Å². The van der Waals surface area contributed by atoms with E-state index in [9.17, 15) is 4.79 Å². The predicted octanol–water partition coefficient (Wildman–Crippen LogP) is 4.17. The van der Waals surface area contributed by atoms with Crippen molar-refractivity contribution in [3.8, 4) is 5.75 Å². The zero-order valence-corrected chi connectivity index (χ0v) is 16.9. The number of nitrogens with zero attached hydrogens (tertiary/aromatic N) is 3. The van der Waals surface area contributed by atoms with E-state index in [2.05, 4.69) is 9.72 Å². The number of ether oxygens (including phenoxy) is 2. The largest absolute Gasteiger partial charge is 0.497 e. The van der Waals surface area contributed by atoms with E-state index >= 15 is 0 Å². The van der Waals surface area contributed by atoms with Gasteiger partial charge >= 0.3 is 5.97 Å². The van der Waals surface area contributed by atoms with Crippen molar-refractivity contribution in [2.75, 3.05) is 19.5 Å². The summed E-state index contributed by atoms with van der Waals surface area (Å²) in [5.74, 6) is 2.71. The van der Waals surface area contributed by atoms with Crippen LogP contribution in [0.4, 0.5) is 5.82 Å². The van der Waals surface area contributed by atoms with Crippen molar-refractivity contribution < 1.29 is 14.3 Å². The number of carbonyl (C=O) groups excluding carboxylic acids is 1. The van der Waals surface area contributed by atoms with Crippen molar-refractivity contribution in [1.82, 2.24) is 14.4 Å². The van der Waals surface area contributed by atoms with Crippen LogP contribution < -0.4 is 10.1 Å². The van der Waals surface area contributed by atoms with Crippen molar-refractivity contribution in [3.63, 3.8) is 0 Å². The first-order valence-electron chi connectivity index (χ1n) is 9.94. The van der Waals surface area contributed by atoms with Crippen molar-refractivity contribution in [2.24, 2.45) is 0 Å². The highest BCUT2D eigenvalue weighted by Gasteiger charge is 2.29. The summed E-state index contributed by atoms with van der Waals surface area (Å²) < 4.78 is 12.2. The third-order valence-corrected chi connectivity index (χ3v) is 5.46. The first-order valence-corrected chi connectivity index (χ1v) is 9.94. The van der Waals surface area contributed by atoms with E-state index < -0.39 is 0 Å². The lowest BCUT2D eigenvalue weighted by Crippen LogP contribution is -2.07. The van der Waals surface area contributed by atoms with E-state index in [-0.39, 0.29) is 5.97 Å². The Labute approximate surface area is 173 Å². The van der Waals surface area contributed by atoms with Crippen LogP contribution in [0.5, 0.6) is 5.75 Å². The maximum absolute atomic E-state index is 12.0. The minimum atomic E-state index is -0.361. The summed E-state index contributed by atoms with van der Waals surface area (Å²) in [6.45, 7) is 0.627. The van der Waals surface area contributed by atoms with Crippen LogP contribution in [0.15, 0.2) is 48.7 Å². The number of imidazole rings is 1. The molecule has 1 aliphatic carbocycles. The molecule has 1 fully saturated rings. The van der Waals surface area contributed by atoms with Gasteiger partial charge in [-0.15, -0.1) is 0 Å². The highest BCUT2D eigenvalue weighted by Crippen LogP contribution is 2.41. The molecule has 5 rings (SSSR count). The van der Waals surface area contributed by atoms with Gasteiger partial charge in [-0.05, 0) is 48.7 Å². The summed E-state index contributed by atoms with van der Waals surface area (Å²) in [5, 5.41) is 3.45. The summed E-state index contributed by atoms with van der Waals surface area (Å²) in [4.78, 5) is 21.6. The molecule has 4 aromatic rings. The zero-order valence-electron chi connectivity index (χ0n) is 16.9. The quantitative estimate of drug-likeness (QED) is 0.488. The smallest absolute Gasteiger partial charge is 0.337 e. The van der Waals surface area contributed by atoms with Gasteiger partial charge in [-0.2, -0.15) is 0 Å². The molecular formula is C23H22N4O3. The van der Waals surface area contributed by atoms with Crippen LogP contribution in [-0.2, 0) is 11.3 Å². The van der Waals surface area contributed by atoms with Crippen molar-refractivity contribution in [3.05, 3.63) is 65.6 Å². The van der Waals surface area contributed by atoms with E-state index in [0.717, 1.165) is 52.3 Å². The van der Waals surface area contributed by atoms with Gasteiger partial charge in [-0.3, -0.25) is 4.40 Å². The Bertz CT molecular complexity index is 1240. The van der Waals surface area contributed by atoms with Crippen LogP contribution >= 0.6 is 0 Å². The van der Waals surface area contributed by atoms with E-state index in [1.165, 1.54) is 7.11 Å². The minimum absolute atomic E-state index is 0.361. The lowest BCUT2D eigenvalue weighted by atomic mass is 10.2. The Morgan fingerprint density at radius 2 is 1.93 bits per heavy atom. The number of esters is 1. The Balaban J connectivity index is 1.58. The second-order valence-corrected chi connectivity index (χ2v) is 7.47. The predicted molar refractivity (Wildman–Crippen MR) is 114 cm³/mol. The maximum Gasteiger partial charge on any atom is 0.337 e. The number of aromatic nitrogens is 3. The fraction of sp³-hybridized carbons (Fsp3) is 0.261. The molecule has 2 aromatic carbocycles. The number of benzene rings is 2. The molecule has 2 heterocycles. The van der Waals surface area contributed by atoms with Gasteiger partial charge in [0, 0.05) is 12.5 Å². The number of hydrogen-bond donors (Lipinski definition) is 1. The van der Waals surface area contributed by atoms with Gasteiger partial charge < -0.3 is 14.8 Å². The van der Waals surface area contributed by atoms with Crippen molar-refractivity contribution in [2.45, 2.75) is 25.3 Å². The summed E-state index contributed by atoms with van der Waals surface area (Å²) in [6.07, 6.45) is 4.13. The molecule has 0 saturated heterocycles. The first kappa shape index (κ1) is 18.4. The standard InChI is InChI=1S/C23H22N4O3/c1-29-17-8-3-14(4-9-17)12-24-21-20-13-25-22(15-5-6-15)27(20)19-11-16(23(28)30-2)7-10-18(19)26-21/h3-4,7-11,13,15H,5-6,12H2,1-2H3,(H,24,26). The number of rotatable bonds is 6. The molecule has 2 aromatic heterocycles. The Kier molecular flexibility index (Phi) is 4.50. The molecule has 7 heteroatoms. The van der Waals surface area contributed by atoms with Gasteiger partial charge in [0.25, 0.3) is 0 Å². The molecule has 0 amide bonds. The normalized spacial score (nSPS) is 13.5. The summed E-state index contributed by atoms with van der Waals surface area (Å²) in [7, 11) is 3.05. The second-order valence-electron chi connectivity index (χ2n) is 7.47. The first-order chi connectivity index (χ1) is 14.7. The molecule has 1 N–H and O–H groups in total. The van der Waals surface area contributed by atoms with Gasteiger partial charge in [0.15, 0.2) is 5.82 Å². The lowest BCUT2D eigenvalue weighted by molar-refractivity contribution is 0.0601. The minimum Gasteiger partial charge on any atom is -0.497 e. The summed E-state index contributed by atoms with van der Waals surface area (Å²) >= 11 is 0. The Morgan fingerprint density at radius 3 is 2.63 bits per heavy atom. The average molecular weight is 402 g/mol. The molecule has 0 aliphatic heterocycles. The molecule has 0 unspecified atom stereocenters. The fourth-order valence-electron chi connectivity index (χ4n) is 3.69. The molecule has 0 atom stereocenters. The fourth-order valence-corrected chi connectivity index (χ4v) is 3.69. The van der Waals surface area contributed by atoms with Crippen molar-refractivity contribution in [1.29, 1.82) is 0 Å². The van der Waals surface area contributed by atoms with E-state index in [4.69, 9.17) is 19.4 Å². The summed E-state index contributed by atoms with van der Waals surface area (Å²) in [5.41, 5.74) is 4.19. The second kappa shape index (κ2) is 7.33. The maximum atomic E-state index is 12.0. The number of nitrogens with one attached hydrogen (secondary N) is 1. The molecule has 1 saturated carbocycles. The van der Waals surface area contributed by atoms with Crippen LogP contribution in [0, 0.1) is 0 Å². The highest BCUT2D eigenvalue weighted by atomic mass is 16.5. The number of carbonyl (C=O) groups is 1. The molecule has 0 spiro atoms. The number of hydrogen-bond acceptors (Lipinski definition) is 6. The molecule has 0 bridgehead atoms. The van der Waals surface area contributed by atoms with Crippen LogP contribution in [0.2, 0.25) is 0 Å². The Morgan fingerprint density at radius 1 is 1.13 bits per heavy atom. The van der Waals surface area contributed by atoms with Gasteiger partial charge in [0.05, 0.1) is 37.0 Å². The molecule has 152 valence electrons. The highest BCUT2D eigenvalue weighted by molar-refractivity contribution is 5.95. The van der Waals surface area contributed by atoms with Crippen LogP contribution in [0.25, 0.3) is 16.6 Å². The summed E-state index contributed by atoms with van der Waals surface area (Å²) in [6, 6.07) is 13.4. The zero-order chi connectivity index (χ0) is 20.7. The molecule has 7 nitrogen and oxygen atoms in total. The van der Waals surface area contributed by atoms with E-state index in [1.807, 2.05) is 42.6 Å². The van der Waals surface area contributed by atoms with E-state index in [0.29, 0.717) is 18.0 Å². The van der Waals surface area contributed by atoms with Crippen LogP contribution in [0.1, 0.15) is 40.5 Å². The monoisotopic (exact) mass is 402 g/mol. The lowest BCUT2D eigenvalue weighted by Gasteiger charge is -2.12. The van der Waals surface area contributed by atoms with Crippen LogP contribution in [0.3, 0.4) is 0 Å². The molecule has 30 heavy (non-hydrogen) atoms. The van der Waals surface area contributed by atoms with Gasteiger partial charge in [-0.1, -0.05) is 12.1 Å². The topological polar surface area (TPSA) is 77.8 Å². The van der Waals surface area contributed by atoms with E-state index in [1.54, 1.807) is 13.2 Å². The number of methoxy groups -OCH3 is 2. The average Bonchev–Trinajstić information content (AvgIpc) is 3.54. The third kappa shape index (κ3) is 3.22. The van der Waals surface area contributed by atoms with Crippen LogP contribution in [-0.4, -0.2) is 34.6 Å².